The molecule has 0 bridgehead atoms. The van der Waals surface area contributed by atoms with Gasteiger partial charge in [0, 0.05) is 10.7 Å². The smallest absolute Gasteiger partial charge is 0.420 e. The Hall–Kier alpha value is -2.26. The molecule has 0 radical (unpaired) electrons. The number of nitrogens with zero attached hydrogens (tertiary/aromatic N) is 1. The average Bonchev–Trinajstić information content (AvgIpc) is 2.94. The molecule has 3 rings (SSSR count). The summed E-state index contributed by atoms with van der Waals surface area (Å²) in [5.74, 6) is 0.104. The van der Waals surface area contributed by atoms with Crippen molar-refractivity contribution in [2.75, 3.05) is 25.7 Å². The first kappa shape index (κ1) is 20.5. The lowest BCUT2D eigenvalue weighted by molar-refractivity contribution is 0.310. The number of methoxy groups -OCH3 is 1. The van der Waals surface area contributed by atoms with Gasteiger partial charge < -0.3 is 13.9 Å². The van der Waals surface area contributed by atoms with Crippen LogP contribution >= 0.6 is 15.9 Å². The molecule has 1 aromatic heterocycles. The summed E-state index contributed by atoms with van der Waals surface area (Å²) < 4.78 is 42.6. The lowest BCUT2D eigenvalue weighted by Gasteiger charge is -2.19. The van der Waals surface area contributed by atoms with Crippen LogP contribution in [0.3, 0.4) is 0 Å². The molecule has 0 unspecified atom stereocenters. The van der Waals surface area contributed by atoms with Crippen LogP contribution in [0.15, 0.2) is 50.1 Å². The number of benzene rings is 2. The van der Waals surface area contributed by atoms with Crippen LogP contribution in [0.25, 0.3) is 11.1 Å². The summed E-state index contributed by atoms with van der Waals surface area (Å²) in [5, 5.41) is 0. The van der Waals surface area contributed by atoms with Crippen molar-refractivity contribution in [1.29, 1.82) is 0 Å². The highest BCUT2D eigenvalue weighted by Crippen LogP contribution is 2.33. The van der Waals surface area contributed by atoms with Crippen molar-refractivity contribution in [2.45, 2.75) is 13.0 Å². The molecule has 0 N–H and O–H groups in total. The third kappa shape index (κ3) is 4.25. The Morgan fingerprint density at radius 1 is 1.18 bits per heavy atom. The molecule has 0 aliphatic rings. The van der Waals surface area contributed by atoms with Crippen molar-refractivity contribution in [3.8, 4) is 11.5 Å². The molecule has 0 aliphatic carbocycles. The third-order valence-corrected chi connectivity index (χ3v) is 5.63. The molecule has 0 aliphatic heterocycles. The second-order valence-electron chi connectivity index (χ2n) is 6.30. The van der Waals surface area contributed by atoms with Gasteiger partial charge in [0.15, 0.2) is 17.1 Å². The molecule has 3 aromatic rings. The first-order valence-electron chi connectivity index (χ1n) is 8.52. The van der Waals surface area contributed by atoms with Gasteiger partial charge in [0.2, 0.25) is 0 Å². The summed E-state index contributed by atoms with van der Waals surface area (Å²) in [6.45, 7) is 2.26. The van der Waals surface area contributed by atoms with Gasteiger partial charge in [-0.2, -0.15) is 0 Å². The fourth-order valence-corrected chi connectivity index (χ4v) is 4.34. The van der Waals surface area contributed by atoms with Crippen molar-refractivity contribution < 1.29 is 22.3 Å². The third-order valence-electron chi connectivity index (χ3n) is 4.22. The molecule has 0 fully saturated rings. The maximum Gasteiger partial charge on any atom is 0.420 e. The fourth-order valence-electron chi connectivity index (χ4n) is 3.08. The summed E-state index contributed by atoms with van der Waals surface area (Å²) in [6.07, 6.45) is 1.14. The van der Waals surface area contributed by atoms with E-state index in [9.17, 15) is 13.2 Å². The van der Waals surface area contributed by atoms with Gasteiger partial charge >= 0.3 is 5.76 Å². The van der Waals surface area contributed by atoms with E-state index in [1.54, 1.807) is 36.4 Å². The quantitative estimate of drug-likeness (QED) is 0.526. The number of ether oxygens (including phenoxy) is 2. The van der Waals surface area contributed by atoms with E-state index in [2.05, 4.69) is 15.9 Å². The van der Waals surface area contributed by atoms with E-state index >= 15 is 0 Å². The first-order chi connectivity index (χ1) is 13.2. The summed E-state index contributed by atoms with van der Waals surface area (Å²) in [5.41, 5.74) is 1.48. The molecule has 0 spiro atoms. The molecule has 9 heteroatoms. The molecular weight excluding hydrogens is 450 g/mol. The molecular formula is C19H20BrNO6S. The van der Waals surface area contributed by atoms with Gasteiger partial charge in [0.25, 0.3) is 0 Å². The molecule has 0 saturated carbocycles. The average molecular weight is 470 g/mol. The monoisotopic (exact) mass is 469 g/mol. The van der Waals surface area contributed by atoms with Crippen LogP contribution in [0.5, 0.6) is 11.5 Å². The minimum Gasteiger partial charge on any atom is -0.493 e. The SMILES string of the molecule is CCOc1cc([C@@H](CS(C)(=O)=O)n2c(=O)oc3cc(Br)ccc32)ccc1OC. The van der Waals surface area contributed by atoms with Gasteiger partial charge in [-0.25, -0.2) is 13.2 Å². The number of hydrogen-bond donors (Lipinski definition) is 0. The van der Waals surface area contributed by atoms with E-state index in [0.29, 0.717) is 34.8 Å². The van der Waals surface area contributed by atoms with E-state index in [1.165, 1.54) is 11.7 Å². The fraction of sp³-hybridized carbons (Fsp3) is 0.316. The van der Waals surface area contributed by atoms with Crippen molar-refractivity contribution in [2.24, 2.45) is 0 Å². The Morgan fingerprint density at radius 2 is 1.93 bits per heavy atom. The normalized spacial score (nSPS) is 12.9. The zero-order valence-corrected chi connectivity index (χ0v) is 18.0. The molecule has 28 heavy (non-hydrogen) atoms. The maximum absolute atomic E-state index is 12.6. The van der Waals surface area contributed by atoms with Crippen molar-refractivity contribution >= 4 is 36.9 Å². The number of hydrogen-bond acceptors (Lipinski definition) is 6. The highest BCUT2D eigenvalue weighted by molar-refractivity contribution is 9.10. The van der Waals surface area contributed by atoms with E-state index in [-0.39, 0.29) is 5.75 Å². The van der Waals surface area contributed by atoms with Gasteiger partial charge in [0.05, 0.1) is 31.0 Å². The topological polar surface area (TPSA) is 87.7 Å². The predicted octanol–water partition coefficient (Wildman–Crippen LogP) is 3.40. The van der Waals surface area contributed by atoms with Crippen LogP contribution in [0, 0.1) is 0 Å². The first-order valence-corrected chi connectivity index (χ1v) is 11.4. The van der Waals surface area contributed by atoms with E-state index < -0.39 is 21.6 Å². The lowest BCUT2D eigenvalue weighted by Crippen LogP contribution is -2.27. The number of aromatic nitrogens is 1. The van der Waals surface area contributed by atoms with Crippen LogP contribution in [0.1, 0.15) is 18.5 Å². The van der Waals surface area contributed by atoms with Crippen LogP contribution in [-0.2, 0) is 9.84 Å². The minimum atomic E-state index is -3.41. The number of halogens is 1. The predicted molar refractivity (Wildman–Crippen MR) is 110 cm³/mol. The number of sulfone groups is 1. The van der Waals surface area contributed by atoms with Crippen molar-refractivity contribution in [3.05, 3.63) is 57.0 Å². The van der Waals surface area contributed by atoms with Gasteiger partial charge in [-0.15, -0.1) is 0 Å². The Morgan fingerprint density at radius 3 is 2.57 bits per heavy atom. The molecule has 0 amide bonds. The highest BCUT2D eigenvalue weighted by Gasteiger charge is 2.26. The molecule has 2 aromatic carbocycles. The molecule has 1 heterocycles. The summed E-state index contributed by atoms with van der Waals surface area (Å²) in [6, 6.07) is 9.49. The van der Waals surface area contributed by atoms with Crippen LogP contribution < -0.4 is 15.2 Å². The standard InChI is InChI=1S/C19H20BrNO6S/c1-4-26-18-9-12(5-8-16(18)25-2)15(11-28(3,23)24)21-14-7-6-13(20)10-17(14)27-19(21)22/h5-10,15H,4,11H2,1-3H3/t15-/m1/s1. The Kier molecular flexibility index (Phi) is 5.85. The summed E-state index contributed by atoms with van der Waals surface area (Å²) in [4.78, 5) is 12.6. The maximum atomic E-state index is 12.6. The zero-order valence-electron chi connectivity index (χ0n) is 15.6. The van der Waals surface area contributed by atoms with Crippen LogP contribution in [0.2, 0.25) is 0 Å². The summed E-state index contributed by atoms with van der Waals surface area (Å²) in [7, 11) is -1.89. The van der Waals surface area contributed by atoms with E-state index in [1.807, 2.05) is 6.92 Å². The van der Waals surface area contributed by atoms with E-state index in [4.69, 9.17) is 13.9 Å². The second kappa shape index (κ2) is 8.00. The zero-order chi connectivity index (χ0) is 20.5. The van der Waals surface area contributed by atoms with Crippen LogP contribution in [0.4, 0.5) is 0 Å². The number of fused-ring (bicyclic) bond motifs is 1. The van der Waals surface area contributed by atoms with Crippen molar-refractivity contribution in [3.63, 3.8) is 0 Å². The van der Waals surface area contributed by atoms with Crippen LogP contribution in [-0.4, -0.2) is 38.7 Å². The minimum absolute atomic E-state index is 0.268. The van der Waals surface area contributed by atoms with Gasteiger partial charge in [-0.1, -0.05) is 22.0 Å². The van der Waals surface area contributed by atoms with Gasteiger partial charge in [-0.3, -0.25) is 4.57 Å². The largest absolute Gasteiger partial charge is 0.493 e. The second-order valence-corrected chi connectivity index (χ2v) is 9.40. The Bertz CT molecular complexity index is 1160. The molecule has 0 saturated heterocycles. The number of oxazole rings is 1. The Labute approximate surface area is 170 Å². The molecule has 1 atom stereocenters. The molecule has 150 valence electrons. The van der Waals surface area contributed by atoms with Gasteiger partial charge in [0.1, 0.15) is 9.84 Å². The van der Waals surface area contributed by atoms with E-state index in [0.717, 1.165) is 10.7 Å². The summed E-state index contributed by atoms with van der Waals surface area (Å²) >= 11 is 3.34. The lowest BCUT2D eigenvalue weighted by atomic mass is 10.1. The van der Waals surface area contributed by atoms with Gasteiger partial charge in [-0.05, 0) is 42.8 Å². The Balaban J connectivity index is 2.23. The molecule has 7 nitrogen and oxygen atoms in total. The number of rotatable bonds is 7. The van der Waals surface area contributed by atoms with Crippen molar-refractivity contribution in [1.82, 2.24) is 4.57 Å². The highest BCUT2D eigenvalue weighted by atomic mass is 79.9.